The van der Waals surface area contributed by atoms with Gasteiger partial charge in [-0.25, -0.2) is 0 Å². The maximum Gasteiger partial charge on any atom is 0.416 e. The molecule has 110 valence electrons. The van der Waals surface area contributed by atoms with Crippen molar-refractivity contribution in [1.82, 2.24) is 4.57 Å². The number of aromatic nitrogens is 1. The molecule has 21 heavy (non-hydrogen) atoms. The van der Waals surface area contributed by atoms with Gasteiger partial charge in [0.15, 0.2) is 5.78 Å². The highest BCUT2D eigenvalue weighted by Crippen LogP contribution is 2.34. The Morgan fingerprint density at radius 3 is 2.62 bits per heavy atom. The third kappa shape index (κ3) is 2.58. The van der Waals surface area contributed by atoms with Crippen molar-refractivity contribution in [3.63, 3.8) is 0 Å². The molecule has 3 rings (SSSR count). The van der Waals surface area contributed by atoms with Crippen LogP contribution in [-0.2, 0) is 12.6 Å². The lowest BCUT2D eigenvalue weighted by Gasteiger charge is -2.16. The van der Waals surface area contributed by atoms with Gasteiger partial charge in [-0.1, -0.05) is 11.6 Å². The highest BCUT2D eigenvalue weighted by atomic mass is 35.5. The lowest BCUT2D eigenvalue weighted by molar-refractivity contribution is -0.137. The van der Waals surface area contributed by atoms with E-state index in [1.54, 1.807) is 16.8 Å². The van der Waals surface area contributed by atoms with Crippen LogP contribution in [0.4, 0.5) is 13.2 Å². The van der Waals surface area contributed by atoms with Crippen LogP contribution in [0.15, 0.2) is 30.5 Å². The molecular weight excluding hydrogens is 303 g/mol. The van der Waals surface area contributed by atoms with Gasteiger partial charge in [0.05, 0.1) is 5.56 Å². The molecule has 0 radical (unpaired) electrons. The van der Waals surface area contributed by atoms with Crippen molar-refractivity contribution in [2.45, 2.75) is 25.4 Å². The number of ketones is 1. The fourth-order valence-electron chi connectivity index (χ4n) is 2.64. The molecule has 0 unspecified atom stereocenters. The van der Waals surface area contributed by atoms with Crippen LogP contribution in [0.2, 0.25) is 5.02 Å². The Balaban J connectivity index is 2.14. The third-order valence-corrected chi connectivity index (χ3v) is 3.82. The van der Waals surface area contributed by atoms with E-state index in [0.29, 0.717) is 30.5 Å². The number of rotatable bonds is 1. The van der Waals surface area contributed by atoms with Crippen molar-refractivity contribution in [2.24, 2.45) is 0 Å². The first kappa shape index (κ1) is 14.2. The molecule has 0 N–H and O–H groups in total. The summed E-state index contributed by atoms with van der Waals surface area (Å²) in [5.74, 6) is 0.0353. The van der Waals surface area contributed by atoms with Crippen molar-refractivity contribution in [3.8, 4) is 5.69 Å². The predicted molar refractivity (Wildman–Crippen MR) is 73.0 cm³/mol. The van der Waals surface area contributed by atoms with Crippen LogP contribution in [0.25, 0.3) is 5.69 Å². The van der Waals surface area contributed by atoms with Gasteiger partial charge >= 0.3 is 6.18 Å². The molecule has 0 saturated heterocycles. The molecule has 0 spiro atoms. The number of nitrogens with zero attached hydrogens (tertiary/aromatic N) is 1. The Hall–Kier alpha value is -1.75. The first-order chi connectivity index (χ1) is 9.86. The number of benzene rings is 1. The second-order valence-electron chi connectivity index (χ2n) is 5.02. The summed E-state index contributed by atoms with van der Waals surface area (Å²) in [6, 6.07) is 5.07. The van der Waals surface area contributed by atoms with E-state index in [0.717, 1.165) is 17.8 Å². The normalized spacial score (nSPS) is 15.1. The molecule has 0 fully saturated rings. The van der Waals surface area contributed by atoms with Crippen molar-refractivity contribution in [3.05, 3.63) is 52.3 Å². The maximum absolute atomic E-state index is 12.9. The molecule has 0 bridgehead atoms. The standard InChI is InChI=1S/C15H11ClF3NO/c16-10-6-9(15(17,18)19)7-11(8-10)20-5-4-12-13(20)2-1-3-14(12)21/h4-8H,1-3H2. The molecule has 6 heteroatoms. The predicted octanol–water partition coefficient (Wildman–Crippen LogP) is 4.67. The minimum absolute atomic E-state index is 0.0180. The van der Waals surface area contributed by atoms with Gasteiger partial charge in [-0.05, 0) is 37.1 Å². The summed E-state index contributed by atoms with van der Waals surface area (Å²) in [4.78, 5) is 11.8. The summed E-state index contributed by atoms with van der Waals surface area (Å²) >= 11 is 5.80. The highest BCUT2D eigenvalue weighted by molar-refractivity contribution is 6.30. The number of carbonyl (C=O) groups is 1. The van der Waals surface area contributed by atoms with E-state index in [2.05, 4.69) is 0 Å². The molecule has 0 amide bonds. The van der Waals surface area contributed by atoms with E-state index >= 15 is 0 Å². The van der Waals surface area contributed by atoms with Crippen molar-refractivity contribution in [2.75, 3.05) is 0 Å². The average molecular weight is 314 g/mol. The topological polar surface area (TPSA) is 22.0 Å². The number of hydrogen-bond donors (Lipinski definition) is 0. The molecule has 0 atom stereocenters. The van der Waals surface area contributed by atoms with Crippen LogP contribution < -0.4 is 0 Å². The van der Waals surface area contributed by atoms with Gasteiger partial charge in [0, 0.05) is 34.6 Å². The quantitative estimate of drug-likeness (QED) is 0.750. The SMILES string of the molecule is O=C1CCCc2c1ccn2-c1cc(Cl)cc(C(F)(F)F)c1. The van der Waals surface area contributed by atoms with E-state index in [1.165, 1.54) is 6.07 Å². The number of alkyl halides is 3. The minimum Gasteiger partial charge on any atom is -0.320 e. The summed E-state index contributed by atoms with van der Waals surface area (Å²) in [5, 5.41) is 0.0180. The monoisotopic (exact) mass is 313 g/mol. The summed E-state index contributed by atoms with van der Waals surface area (Å²) in [6.07, 6.45) is -0.965. The van der Waals surface area contributed by atoms with Crippen molar-refractivity contribution < 1.29 is 18.0 Å². The summed E-state index contributed by atoms with van der Waals surface area (Å²) in [5.41, 5.74) is 0.872. The van der Waals surface area contributed by atoms with Crippen molar-refractivity contribution in [1.29, 1.82) is 0 Å². The van der Waals surface area contributed by atoms with E-state index in [-0.39, 0.29) is 10.8 Å². The Kier molecular flexibility index (Phi) is 3.32. The Morgan fingerprint density at radius 1 is 1.14 bits per heavy atom. The van der Waals surface area contributed by atoms with Gasteiger partial charge < -0.3 is 4.57 Å². The van der Waals surface area contributed by atoms with Gasteiger partial charge in [-0.15, -0.1) is 0 Å². The molecule has 1 aromatic heterocycles. The molecule has 2 nitrogen and oxygen atoms in total. The van der Waals surface area contributed by atoms with E-state index in [1.807, 2.05) is 0 Å². The molecule has 1 aliphatic carbocycles. The number of carbonyl (C=O) groups excluding carboxylic acids is 1. The highest BCUT2D eigenvalue weighted by Gasteiger charge is 2.31. The molecule has 0 aliphatic heterocycles. The van der Waals surface area contributed by atoms with E-state index < -0.39 is 11.7 Å². The molecule has 0 saturated carbocycles. The van der Waals surface area contributed by atoms with Gasteiger partial charge in [0.25, 0.3) is 0 Å². The van der Waals surface area contributed by atoms with Crippen LogP contribution in [-0.4, -0.2) is 10.4 Å². The van der Waals surface area contributed by atoms with Crippen LogP contribution in [0, 0.1) is 0 Å². The van der Waals surface area contributed by atoms with Crippen LogP contribution in [0.3, 0.4) is 0 Å². The lowest BCUT2D eigenvalue weighted by Crippen LogP contribution is -2.13. The fourth-order valence-corrected chi connectivity index (χ4v) is 2.87. The number of hydrogen-bond acceptors (Lipinski definition) is 1. The smallest absolute Gasteiger partial charge is 0.320 e. The largest absolute Gasteiger partial charge is 0.416 e. The first-order valence-corrected chi connectivity index (χ1v) is 6.85. The maximum atomic E-state index is 12.9. The van der Waals surface area contributed by atoms with Gasteiger partial charge in [-0.2, -0.15) is 13.2 Å². The number of halogens is 4. The van der Waals surface area contributed by atoms with Gasteiger partial charge in [0.2, 0.25) is 0 Å². The zero-order valence-corrected chi connectivity index (χ0v) is 11.6. The number of fused-ring (bicyclic) bond motifs is 1. The molecule has 1 aliphatic rings. The summed E-state index contributed by atoms with van der Waals surface area (Å²) < 4.78 is 40.2. The average Bonchev–Trinajstić information content (AvgIpc) is 2.82. The Bertz CT molecular complexity index is 718. The molecule has 1 aromatic carbocycles. The van der Waals surface area contributed by atoms with Gasteiger partial charge in [0.1, 0.15) is 0 Å². The molecule has 2 aromatic rings. The zero-order chi connectivity index (χ0) is 15.2. The minimum atomic E-state index is -4.46. The molecule has 1 heterocycles. The third-order valence-electron chi connectivity index (χ3n) is 3.60. The second kappa shape index (κ2) is 4.91. The molecular formula is C15H11ClF3NO. The van der Waals surface area contributed by atoms with Gasteiger partial charge in [-0.3, -0.25) is 4.79 Å². The summed E-state index contributed by atoms with van der Waals surface area (Å²) in [7, 11) is 0. The van der Waals surface area contributed by atoms with E-state index in [4.69, 9.17) is 11.6 Å². The zero-order valence-electron chi connectivity index (χ0n) is 10.9. The van der Waals surface area contributed by atoms with Crippen LogP contribution in [0.5, 0.6) is 0 Å². The van der Waals surface area contributed by atoms with E-state index in [9.17, 15) is 18.0 Å². The Labute approximate surface area is 124 Å². The van der Waals surface area contributed by atoms with Crippen LogP contribution >= 0.6 is 11.6 Å². The lowest BCUT2D eigenvalue weighted by atomic mass is 9.96. The van der Waals surface area contributed by atoms with Crippen LogP contribution in [0.1, 0.15) is 34.5 Å². The Morgan fingerprint density at radius 2 is 1.90 bits per heavy atom. The fraction of sp³-hybridized carbons (Fsp3) is 0.267. The summed E-state index contributed by atoms with van der Waals surface area (Å²) in [6.45, 7) is 0. The van der Waals surface area contributed by atoms with Crippen molar-refractivity contribution >= 4 is 17.4 Å². The number of Topliss-reactive ketones (excluding diaryl/α,β-unsaturated/α-hetero) is 1. The first-order valence-electron chi connectivity index (χ1n) is 6.48. The second-order valence-corrected chi connectivity index (χ2v) is 5.46.